The maximum atomic E-state index is 12.0. The zero-order valence-corrected chi connectivity index (χ0v) is 15.3. The summed E-state index contributed by atoms with van der Waals surface area (Å²) in [6, 6.07) is 14.8. The fraction of sp³-hybridized carbons (Fsp3) is 0.190. The lowest BCUT2D eigenvalue weighted by Gasteiger charge is -2.16. The van der Waals surface area contributed by atoms with Gasteiger partial charge in [-0.25, -0.2) is 9.67 Å². The molecule has 0 aliphatic rings. The summed E-state index contributed by atoms with van der Waals surface area (Å²) in [5.74, 6) is 0.760. The predicted octanol–water partition coefficient (Wildman–Crippen LogP) is 4.63. The number of hydrogen-bond acceptors (Lipinski definition) is 5. The minimum atomic E-state index is -0.546. The van der Waals surface area contributed by atoms with E-state index in [-0.39, 0.29) is 5.97 Å². The second kappa shape index (κ2) is 6.39. The molecule has 0 aliphatic heterocycles. The van der Waals surface area contributed by atoms with Crippen molar-refractivity contribution in [3.05, 3.63) is 60.9 Å². The minimum absolute atomic E-state index is 0.271. The van der Waals surface area contributed by atoms with Gasteiger partial charge in [-0.15, -0.1) is 0 Å². The molecule has 0 spiro atoms. The zero-order chi connectivity index (χ0) is 19.0. The first-order valence-electron chi connectivity index (χ1n) is 8.63. The topological polar surface area (TPSA) is 70.2 Å². The number of para-hydroxylation sites is 2. The van der Waals surface area contributed by atoms with E-state index in [4.69, 9.17) is 9.15 Å². The minimum Gasteiger partial charge on any atom is -0.436 e. The molecule has 27 heavy (non-hydrogen) atoms. The van der Waals surface area contributed by atoms with Crippen LogP contribution in [0.25, 0.3) is 28.2 Å². The van der Waals surface area contributed by atoms with E-state index in [9.17, 15) is 4.79 Å². The van der Waals surface area contributed by atoms with Crippen molar-refractivity contribution in [1.82, 2.24) is 14.8 Å². The van der Waals surface area contributed by atoms with E-state index < -0.39 is 5.41 Å². The van der Waals surface area contributed by atoms with Crippen LogP contribution in [0.4, 0.5) is 0 Å². The van der Waals surface area contributed by atoms with E-state index in [2.05, 4.69) is 10.1 Å². The van der Waals surface area contributed by atoms with E-state index in [1.165, 1.54) is 0 Å². The molecule has 136 valence electrons. The van der Waals surface area contributed by atoms with E-state index in [1.807, 2.05) is 63.4 Å². The number of carbonyl (C=O) groups is 1. The molecule has 0 bridgehead atoms. The van der Waals surface area contributed by atoms with Gasteiger partial charge in [0.15, 0.2) is 5.58 Å². The Morgan fingerprint density at radius 3 is 2.52 bits per heavy atom. The lowest BCUT2D eigenvalue weighted by atomic mass is 9.97. The Balaban J connectivity index is 1.55. The van der Waals surface area contributed by atoms with Gasteiger partial charge in [0.05, 0.1) is 22.9 Å². The van der Waals surface area contributed by atoms with Crippen LogP contribution in [0.2, 0.25) is 0 Å². The predicted molar refractivity (Wildman–Crippen MR) is 102 cm³/mol. The number of oxazole rings is 1. The fourth-order valence-electron chi connectivity index (χ4n) is 2.50. The molecule has 0 atom stereocenters. The highest BCUT2D eigenvalue weighted by molar-refractivity contribution is 5.78. The second-order valence-electron chi connectivity index (χ2n) is 7.29. The van der Waals surface area contributed by atoms with Crippen LogP contribution in [0, 0.1) is 5.41 Å². The maximum Gasteiger partial charge on any atom is 0.316 e. The SMILES string of the molecule is CC(C)(C)C(=O)Oc1ccc(-n2cc(-c3nc4ccccc4o3)cn2)cc1. The molecule has 0 unspecified atom stereocenters. The number of benzene rings is 2. The van der Waals surface area contributed by atoms with Crippen molar-refractivity contribution in [2.45, 2.75) is 20.8 Å². The van der Waals surface area contributed by atoms with Gasteiger partial charge in [0.25, 0.3) is 0 Å². The molecule has 2 heterocycles. The van der Waals surface area contributed by atoms with E-state index in [1.54, 1.807) is 23.0 Å². The maximum absolute atomic E-state index is 12.0. The monoisotopic (exact) mass is 361 g/mol. The summed E-state index contributed by atoms with van der Waals surface area (Å²) in [5, 5.41) is 4.37. The second-order valence-corrected chi connectivity index (χ2v) is 7.29. The Morgan fingerprint density at radius 1 is 1.07 bits per heavy atom. The van der Waals surface area contributed by atoms with Gasteiger partial charge in [0.2, 0.25) is 5.89 Å². The van der Waals surface area contributed by atoms with Crippen molar-refractivity contribution < 1.29 is 13.9 Å². The van der Waals surface area contributed by atoms with Crippen molar-refractivity contribution in [2.24, 2.45) is 5.41 Å². The standard InChI is InChI=1S/C21H19N3O3/c1-21(2,3)20(25)26-16-10-8-15(9-11-16)24-13-14(12-22-24)19-23-17-6-4-5-7-18(17)27-19/h4-13H,1-3H3. The van der Waals surface area contributed by atoms with Crippen molar-refractivity contribution in [3.8, 4) is 22.9 Å². The summed E-state index contributed by atoms with van der Waals surface area (Å²) in [6.07, 6.45) is 3.55. The fourth-order valence-corrected chi connectivity index (χ4v) is 2.50. The molecular weight excluding hydrogens is 342 g/mol. The number of hydrogen-bond donors (Lipinski definition) is 0. The number of fused-ring (bicyclic) bond motifs is 1. The lowest BCUT2D eigenvalue weighted by Crippen LogP contribution is -2.25. The Bertz CT molecular complexity index is 1070. The van der Waals surface area contributed by atoms with Crippen LogP contribution in [-0.2, 0) is 4.79 Å². The summed E-state index contributed by atoms with van der Waals surface area (Å²) >= 11 is 0. The Labute approximate surface area is 156 Å². The summed E-state index contributed by atoms with van der Waals surface area (Å²) in [4.78, 5) is 16.4. The summed E-state index contributed by atoms with van der Waals surface area (Å²) in [5.41, 5.74) is 2.63. The van der Waals surface area contributed by atoms with Crippen LogP contribution in [0.3, 0.4) is 0 Å². The van der Waals surface area contributed by atoms with Crippen molar-refractivity contribution in [2.75, 3.05) is 0 Å². The van der Waals surface area contributed by atoms with Crippen LogP contribution >= 0.6 is 0 Å². The number of nitrogens with zero attached hydrogens (tertiary/aromatic N) is 3. The third-order valence-electron chi connectivity index (χ3n) is 4.05. The molecule has 4 aromatic rings. The van der Waals surface area contributed by atoms with Gasteiger partial charge in [0, 0.05) is 6.20 Å². The largest absolute Gasteiger partial charge is 0.436 e. The molecule has 6 heteroatoms. The van der Waals surface area contributed by atoms with Gasteiger partial charge in [-0.3, -0.25) is 4.79 Å². The van der Waals surface area contributed by atoms with Gasteiger partial charge in [-0.2, -0.15) is 5.10 Å². The molecule has 2 aromatic heterocycles. The van der Waals surface area contributed by atoms with Gasteiger partial charge in [-0.1, -0.05) is 12.1 Å². The Morgan fingerprint density at radius 2 is 1.81 bits per heavy atom. The molecule has 0 aliphatic carbocycles. The van der Waals surface area contributed by atoms with E-state index in [0.717, 1.165) is 22.4 Å². The van der Waals surface area contributed by atoms with Crippen molar-refractivity contribution >= 4 is 17.1 Å². The number of carbonyl (C=O) groups excluding carboxylic acids is 1. The Hall–Kier alpha value is -3.41. The molecular formula is C21H19N3O3. The summed E-state index contributed by atoms with van der Waals surface area (Å²) in [7, 11) is 0. The van der Waals surface area contributed by atoms with Gasteiger partial charge in [0.1, 0.15) is 11.3 Å². The molecule has 4 rings (SSSR count). The number of rotatable bonds is 3. The molecule has 0 fully saturated rings. The quantitative estimate of drug-likeness (QED) is 0.393. The first-order chi connectivity index (χ1) is 12.9. The Kier molecular flexibility index (Phi) is 4.03. The lowest BCUT2D eigenvalue weighted by molar-refractivity contribution is -0.142. The molecule has 2 aromatic carbocycles. The summed E-state index contributed by atoms with van der Waals surface area (Å²) < 4.78 is 12.9. The van der Waals surface area contributed by atoms with Gasteiger partial charge < -0.3 is 9.15 Å². The van der Waals surface area contributed by atoms with Crippen LogP contribution < -0.4 is 4.74 Å². The van der Waals surface area contributed by atoms with Crippen LogP contribution in [-0.4, -0.2) is 20.7 Å². The third-order valence-corrected chi connectivity index (χ3v) is 4.05. The summed E-state index contributed by atoms with van der Waals surface area (Å²) in [6.45, 7) is 5.46. The molecule has 0 N–H and O–H groups in total. The molecule has 0 saturated heterocycles. The molecule has 0 saturated carbocycles. The molecule has 0 amide bonds. The number of esters is 1. The van der Waals surface area contributed by atoms with Crippen LogP contribution in [0.1, 0.15) is 20.8 Å². The average molecular weight is 361 g/mol. The highest BCUT2D eigenvalue weighted by Gasteiger charge is 2.23. The third kappa shape index (κ3) is 3.46. The first-order valence-corrected chi connectivity index (χ1v) is 8.63. The van der Waals surface area contributed by atoms with Crippen LogP contribution in [0.5, 0.6) is 5.75 Å². The van der Waals surface area contributed by atoms with E-state index in [0.29, 0.717) is 11.6 Å². The van der Waals surface area contributed by atoms with E-state index >= 15 is 0 Å². The van der Waals surface area contributed by atoms with Crippen molar-refractivity contribution in [1.29, 1.82) is 0 Å². The average Bonchev–Trinajstić information content (AvgIpc) is 3.28. The van der Waals surface area contributed by atoms with Gasteiger partial charge in [-0.05, 0) is 57.2 Å². The number of ether oxygens (including phenoxy) is 1. The highest BCUT2D eigenvalue weighted by Crippen LogP contribution is 2.25. The van der Waals surface area contributed by atoms with Gasteiger partial charge >= 0.3 is 5.97 Å². The normalized spacial score (nSPS) is 11.7. The molecule has 6 nitrogen and oxygen atoms in total. The number of aromatic nitrogens is 3. The van der Waals surface area contributed by atoms with Crippen LogP contribution in [0.15, 0.2) is 65.3 Å². The first kappa shape index (κ1) is 17.0. The van der Waals surface area contributed by atoms with Crippen molar-refractivity contribution in [3.63, 3.8) is 0 Å². The molecule has 0 radical (unpaired) electrons. The smallest absolute Gasteiger partial charge is 0.316 e. The zero-order valence-electron chi connectivity index (χ0n) is 15.3. The highest BCUT2D eigenvalue weighted by atomic mass is 16.5.